The van der Waals surface area contributed by atoms with Crippen molar-refractivity contribution in [3.8, 4) is 0 Å². The second-order valence-corrected chi connectivity index (χ2v) is 5.33. The number of nitrogens with zero attached hydrogens (tertiary/aromatic N) is 1. The van der Waals surface area contributed by atoms with Gasteiger partial charge >= 0.3 is 6.09 Å². The van der Waals surface area contributed by atoms with E-state index >= 15 is 0 Å². The molecule has 20 heavy (non-hydrogen) atoms. The van der Waals surface area contributed by atoms with E-state index in [9.17, 15) is 9.59 Å². The Hall–Kier alpha value is -1.62. The van der Waals surface area contributed by atoms with E-state index < -0.39 is 11.7 Å². The number of carboxylic acid groups (broad SMARTS) is 1. The highest BCUT2D eigenvalue weighted by atomic mass is 16.5. The lowest BCUT2D eigenvalue weighted by molar-refractivity contribution is 0.0632. The molecular formula is C15H21NO4. The molecule has 2 rings (SSSR count). The van der Waals surface area contributed by atoms with Crippen LogP contribution in [-0.2, 0) is 11.2 Å². The van der Waals surface area contributed by atoms with Gasteiger partial charge in [-0.3, -0.25) is 4.79 Å². The highest BCUT2D eigenvalue weighted by Gasteiger charge is 2.13. The monoisotopic (exact) mass is 279 g/mol. The van der Waals surface area contributed by atoms with Crippen LogP contribution in [0.4, 0.5) is 4.79 Å². The molecule has 5 heteroatoms. The van der Waals surface area contributed by atoms with Crippen molar-refractivity contribution in [3.63, 3.8) is 0 Å². The third-order valence-electron chi connectivity index (χ3n) is 3.86. The molecule has 1 aromatic rings. The molecule has 2 heterocycles. The lowest BCUT2D eigenvalue weighted by atomic mass is 9.93. The standard InChI is InChI=1S/C15H21NO4/c17-14-11-13(5-8-16(14)15(18)19)4-2-1-3-12-6-9-20-10-7-12/h5,8,11-12H,1-4,6-7,9-10H2,(H,18,19). The van der Waals surface area contributed by atoms with Gasteiger partial charge in [0.2, 0.25) is 0 Å². The summed E-state index contributed by atoms with van der Waals surface area (Å²) in [6, 6.07) is 3.13. The molecule has 0 saturated carbocycles. The summed E-state index contributed by atoms with van der Waals surface area (Å²) in [5.41, 5.74) is 0.443. The second kappa shape index (κ2) is 7.24. The Morgan fingerprint density at radius 2 is 2.10 bits per heavy atom. The first-order valence-electron chi connectivity index (χ1n) is 7.19. The summed E-state index contributed by atoms with van der Waals surface area (Å²) in [4.78, 5) is 22.3. The van der Waals surface area contributed by atoms with Crippen molar-refractivity contribution in [1.82, 2.24) is 4.57 Å². The van der Waals surface area contributed by atoms with E-state index in [0.717, 1.165) is 56.8 Å². The molecule has 1 N–H and O–H groups in total. The largest absolute Gasteiger partial charge is 0.464 e. The van der Waals surface area contributed by atoms with Crippen molar-refractivity contribution in [2.75, 3.05) is 13.2 Å². The Morgan fingerprint density at radius 1 is 1.35 bits per heavy atom. The van der Waals surface area contributed by atoms with Gasteiger partial charge in [-0.25, -0.2) is 9.36 Å². The zero-order valence-corrected chi connectivity index (χ0v) is 11.6. The van der Waals surface area contributed by atoms with E-state index in [1.165, 1.54) is 18.7 Å². The number of hydrogen-bond donors (Lipinski definition) is 1. The van der Waals surface area contributed by atoms with Gasteiger partial charge < -0.3 is 9.84 Å². The number of ether oxygens (including phenoxy) is 1. The minimum Gasteiger partial charge on any atom is -0.464 e. The van der Waals surface area contributed by atoms with Crippen molar-refractivity contribution in [1.29, 1.82) is 0 Å². The van der Waals surface area contributed by atoms with E-state index in [-0.39, 0.29) is 0 Å². The van der Waals surface area contributed by atoms with Gasteiger partial charge in [-0.2, -0.15) is 0 Å². The van der Waals surface area contributed by atoms with Crippen molar-refractivity contribution < 1.29 is 14.6 Å². The molecule has 1 aliphatic rings. The Kier molecular flexibility index (Phi) is 5.35. The average Bonchev–Trinajstić information content (AvgIpc) is 2.44. The number of unbranched alkanes of at least 4 members (excludes halogenated alkanes) is 1. The van der Waals surface area contributed by atoms with Crippen LogP contribution in [0.15, 0.2) is 23.1 Å². The van der Waals surface area contributed by atoms with E-state index in [1.54, 1.807) is 6.07 Å². The summed E-state index contributed by atoms with van der Waals surface area (Å²) < 4.78 is 6.03. The van der Waals surface area contributed by atoms with Gasteiger partial charge in [0, 0.05) is 25.5 Å². The van der Waals surface area contributed by atoms with Crippen molar-refractivity contribution in [3.05, 3.63) is 34.2 Å². The third kappa shape index (κ3) is 4.20. The van der Waals surface area contributed by atoms with Gasteiger partial charge in [-0.15, -0.1) is 0 Å². The molecule has 0 spiro atoms. The van der Waals surface area contributed by atoms with Crippen LogP contribution in [0, 0.1) is 5.92 Å². The minimum absolute atomic E-state index is 0.473. The number of hydrogen-bond acceptors (Lipinski definition) is 3. The molecule has 1 aromatic heterocycles. The first-order valence-corrected chi connectivity index (χ1v) is 7.19. The highest BCUT2D eigenvalue weighted by molar-refractivity contribution is 5.67. The predicted molar refractivity (Wildman–Crippen MR) is 75.2 cm³/mol. The zero-order valence-electron chi connectivity index (χ0n) is 11.6. The maximum atomic E-state index is 11.5. The molecule has 1 saturated heterocycles. The third-order valence-corrected chi connectivity index (χ3v) is 3.86. The van der Waals surface area contributed by atoms with Crippen LogP contribution in [0.5, 0.6) is 0 Å². The fraction of sp³-hybridized carbons (Fsp3) is 0.600. The number of aryl methyl sites for hydroxylation is 1. The quantitative estimate of drug-likeness (QED) is 0.841. The van der Waals surface area contributed by atoms with Crippen molar-refractivity contribution in [2.45, 2.75) is 38.5 Å². The first-order chi connectivity index (χ1) is 9.66. The van der Waals surface area contributed by atoms with Crippen LogP contribution < -0.4 is 5.56 Å². The fourth-order valence-corrected chi connectivity index (χ4v) is 2.63. The maximum absolute atomic E-state index is 11.5. The number of aromatic nitrogens is 1. The lowest BCUT2D eigenvalue weighted by Crippen LogP contribution is -2.24. The number of rotatable bonds is 5. The lowest BCUT2D eigenvalue weighted by Gasteiger charge is -2.21. The Morgan fingerprint density at radius 3 is 2.75 bits per heavy atom. The Bertz CT molecular complexity index is 503. The Labute approximate surface area is 118 Å². The van der Waals surface area contributed by atoms with Crippen molar-refractivity contribution in [2.24, 2.45) is 5.92 Å². The molecule has 110 valence electrons. The summed E-state index contributed by atoms with van der Waals surface area (Å²) in [5.74, 6) is 0.781. The van der Waals surface area contributed by atoms with Gasteiger partial charge in [0.05, 0.1) is 0 Å². The van der Waals surface area contributed by atoms with Gasteiger partial charge in [0.25, 0.3) is 5.56 Å². The summed E-state index contributed by atoms with van der Waals surface area (Å²) in [6.07, 6.45) is 6.65. The van der Waals surface area contributed by atoms with E-state index in [2.05, 4.69) is 0 Å². The smallest absolute Gasteiger partial charge is 0.418 e. The van der Waals surface area contributed by atoms with Crippen LogP contribution in [0.3, 0.4) is 0 Å². The fourth-order valence-electron chi connectivity index (χ4n) is 2.63. The average molecular weight is 279 g/mol. The SMILES string of the molecule is O=C(O)n1ccc(CCCCC2CCOCC2)cc1=O. The molecule has 1 fully saturated rings. The summed E-state index contributed by atoms with van der Waals surface area (Å²) >= 11 is 0. The number of pyridine rings is 1. The molecule has 1 aliphatic heterocycles. The Balaban J connectivity index is 1.75. The van der Waals surface area contributed by atoms with Crippen LogP contribution in [0.1, 0.15) is 37.7 Å². The molecule has 0 unspecified atom stereocenters. The summed E-state index contributed by atoms with van der Waals surface area (Å²) in [6.45, 7) is 1.77. The maximum Gasteiger partial charge on any atom is 0.418 e. The first kappa shape index (κ1) is 14.8. The van der Waals surface area contributed by atoms with Crippen LogP contribution in [0.25, 0.3) is 0 Å². The van der Waals surface area contributed by atoms with E-state index in [0.29, 0.717) is 4.57 Å². The van der Waals surface area contributed by atoms with Crippen LogP contribution in [-0.4, -0.2) is 29.0 Å². The second-order valence-electron chi connectivity index (χ2n) is 5.33. The van der Waals surface area contributed by atoms with Crippen molar-refractivity contribution >= 4 is 6.09 Å². The molecular weight excluding hydrogens is 258 g/mol. The van der Waals surface area contributed by atoms with Crippen LogP contribution >= 0.6 is 0 Å². The van der Waals surface area contributed by atoms with E-state index in [4.69, 9.17) is 9.84 Å². The highest BCUT2D eigenvalue weighted by Crippen LogP contribution is 2.21. The molecule has 0 atom stereocenters. The molecule has 0 radical (unpaired) electrons. The molecule has 0 aromatic carbocycles. The predicted octanol–water partition coefficient (Wildman–Crippen LogP) is 2.51. The molecule has 0 amide bonds. The number of carbonyl (C=O) groups is 1. The summed E-state index contributed by atoms with van der Waals surface area (Å²) in [5, 5.41) is 8.77. The molecule has 5 nitrogen and oxygen atoms in total. The topological polar surface area (TPSA) is 68.5 Å². The minimum atomic E-state index is -1.24. The summed E-state index contributed by atoms with van der Waals surface area (Å²) in [7, 11) is 0. The zero-order chi connectivity index (χ0) is 14.4. The molecule has 0 aliphatic carbocycles. The molecule has 0 bridgehead atoms. The van der Waals surface area contributed by atoms with Gasteiger partial charge in [0.1, 0.15) is 0 Å². The van der Waals surface area contributed by atoms with Gasteiger partial charge in [0.15, 0.2) is 0 Å². The normalized spacial score (nSPS) is 16.2. The van der Waals surface area contributed by atoms with E-state index in [1.807, 2.05) is 0 Å². The van der Waals surface area contributed by atoms with Crippen LogP contribution in [0.2, 0.25) is 0 Å². The van der Waals surface area contributed by atoms with Gasteiger partial charge in [-0.1, -0.05) is 12.8 Å². The van der Waals surface area contributed by atoms with Gasteiger partial charge in [-0.05, 0) is 43.2 Å².